The molecule has 0 atom stereocenters. The Morgan fingerprint density at radius 3 is 2.30 bits per heavy atom. The zero-order valence-corrected chi connectivity index (χ0v) is 14.9. The molecule has 5 heteroatoms. The van der Waals surface area contributed by atoms with E-state index in [2.05, 4.69) is 10.6 Å². The Balaban J connectivity index is 1.89. The van der Waals surface area contributed by atoms with Crippen LogP contribution < -0.4 is 10.6 Å². The van der Waals surface area contributed by atoms with E-state index in [4.69, 9.17) is 12.2 Å². The topological polar surface area (TPSA) is 44.4 Å². The number of carbonyl (C=O) groups is 1. The van der Waals surface area contributed by atoms with Crippen molar-refractivity contribution in [3.63, 3.8) is 0 Å². The van der Waals surface area contributed by atoms with E-state index in [1.54, 1.807) is 0 Å². The van der Waals surface area contributed by atoms with Crippen LogP contribution in [0.2, 0.25) is 0 Å². The van der Waals surface area contributed by atoms with E-state index in [9.17, 15) is 4.79 Å². The molecule has 1 fully saturated rings. The fraction of sp³-hybridized carbons (Fsp3) is 0.556. The molecule has 0 spiro atoms. The van der Waals surface area contributed by atoms with Crippen LogP contribution in [0.4, 0.5) is 5.69 Å². The number of benzene rings is 1. The Morgan fingerprint density at radius 2 is 1.74 bits per heavy atom. The van der Waals surface area contributed by atoms with Crippen molar-refractivity contribution in [2.24, 2.45) is 0 Å². The summed E-state index contributed by atoms with van der Waals surface area (Å²) in [5.74, 6) is 0.0736. The average molecular weight is 334 g/mol. The molecular formula is C18H27N3OS. The molecule has 1 saturated carbocycles. The fourth-order valence-electron chi connectivity index (χ4n) is 2.99. The highest BCUT2D eigenvalue weighted by Gasteiger charge is 2.14. The van der Waals surface area contributed by atoms with Gasteiger partial charge in [-0.3, -0.25) is 4.79 Å². The lowest BCUT2D eigenvalue weighted by Crippen LogP contribution is -2.38. The zero-order valence-electron chi connectivity index (χ0n) is 14.1. The predicted molar refractivity (Wildman–Crippen MR) is 99.9 cm³/mol. The van der Waals surface area contributed by atoms with E-state index in [0.717, 1.165) is 18.8 Å². The number of carbonyl (C=O) groups excluding carboxylic acids is 1. The number of thiocarbonyl (C=S) groups is 1. The second kappa shape index (κ2) is 8.87. The molecule has 2 N–H and O–H groups in total. The van der Waals surface area contributed by atoms with E-state index in [1.165, 1.54) is 32.1 Å². The van der Waals surface area contributed by atoms with Crippen molar-refractivity contribution in [3.05, 3.63) is 29.8 Å². The molecule has 0 bridgehead atoms. The van der Waals surface area contributed by atoms with Crippen molar-refractivity contribution in [3.8, 4) is 0 Å². The van der Waals surface area contributed by atoms with Gasteiger partial charge in [0.05, 0.1) is 0 Å². The van der Waals surface area contributed by atoms with Crippen LogP contribution in [0.25, 0.3) is 0 Å². The van der Waals surface area contributed by atoms with Gasteiger partial charge in [-0.2, -0.15) is 0 Å². The summed E-state index contributed by atoms with van der Waals surface area (Å²) in [5.41, 5.74) is 1.62. The first-order valence-corrected chi connectivity index (χ1v) is 9.01. The van der Waals surface area contributed by atoms with E-state index in [-0.39, 0.29) is 5.91 Å². The van der Waals surface area contributed by atoms with Gasteiger partial charge in [-0.1, -0.05) is 19.3 Å². The van der Waals surface area contributed by atoms with Gasteiger partial charge < -0.3 is 15.5 Å². The van der Waals surface area contributed by atoms with Crippen molar-refractivity contribution in [2.45, 2.75) is 52.0 Å². The summed E-state index contributed by atoms with van der Waals surface area (Å²) < 4.78 is 0. The van der Waals surface area contributed by atoms with Crippen LogP contribution in [0.15, 0.2) is 24.3 Å². The van der Waals surface area contributed by atoms with Crippen LogP contribution in [0.5, 0.6) is 0 Å². The summed E-state index contributed by atoms with van der Waals surface area (Å²) in [6, 6.07) is 8.02. The molecule has 2 rings (SSSR count). The summed E-state index contributed by atoms with van der Waals surface area (Å²) in [6.45, 7) is 5.44. The number of rotatable bonds is 5. The quantitative estimate of drug-likeness (QED) is 0.805. The highest BCUT2D eigenvalue weighted by Crippen LogP contribution is 2.18. The minimum Gasteiger partial charge on any atom is -0.360 e. The predicted octanol–water partition coefficient (Wildman–Crippen LogP) is 3.79. The van der Waals surface area contributed by atoms with E-state index < -0.39 is 0 Å². The molecule has 0 saturated heterocycles. The van der Waals surface area contributed by atoms with Crippen LogP contribution in [-0.4, -0.2) is 35.1 Å². The summed E-state index contributed by atoms with van der Waals surface area (Å²) in [6.07, 6.45) is 6.28. The van der Waals surface area contributed by atoms with Crippen LogP contribution in [0.3, 0.4) is 0 Å². The van der Waals surface area contributed by atoms with Crippen LogP contribution in [0.1, 0.15) is 56.3 Å². The molecular weight excluding hydrogens is 306 g/mol. The number of nitrogens with one attached hydrogen (secondary N) is 2. The first-order chi connectivity index (χ1) is 11.1. The molecule has 0 radical (unpaired) electrons. The second-order valence-corrected chi connectivity index (χ2v) is 6.40. The highest BCUT2D eigenvalue weighted by molar-refractivity contribution is 7.80. The lowest BCUT2D eigenvalue weighted by atomic mass is 9.96. The minimum atomic E-state index is 0.0736. The monoisotopic (exact) mass is 333 g/mol. The molecule has 0 unspecified atom stereocenters. The molecule has 126 valence electrons. The Hall–Kier alpha value is -1.62. The molecule has 1 aliphatic rings. The molecule has 1 aliphatic carbocycles. The maximum absolute atomic E-state index is 12.3. The Labute approximate surface area is 144 Å². The van der Waals surface area contributed by atoms with Gasteiger partial charge >= 0.3 is 0 Å². The lowest BCUT2D eigenvalue weighted by molar-refractivity contribution is 0.0773. The van der Waals surface area contributed by atoms with Crippen LogP contribution >= 0.6 is 12.2 Å². The van der Waals surface area contributed by atoms with E-state index in [1.807, 2.05) is 43.0 Å². The molecule has 1 aromatic carbocycles. The van der Waals surface area contributed by atoms with Crippen molar-refractivity contribution in [1.29, 1.82) is 0 Å². The first-order valence-electron chi connectivity index (χ1n) is 8.61. The van der Waals surface area contributed by atoms with Gasteiger partial charge in [-0.05, 0) is 63.2 Å². The largest absolute Gasteiger partial charge is 0.360 e. The van der Waals surface area contributed by atoms with Crippen LogP contribution in [0, 0.1) is 0 Å². The third kappa shape index (κ3) is 5.20. The number of hydrogen-bond acceptors (Lipinski definition) is 2. The number of amides is 1. The van der Waals surface area contributed by atoms with Gasteiger partial charge in [0.2, 0.25) is 0 Å². The minimum absolute atomic E-state index is 0.0736. The van der Waals surface area contributed by atoms with Gasteiger partial charge in [0.1, 0.15) is 0 Å². The SMILES string of the molecule is CCN(CC)C(=O)c1ccc(NC(=S)NC2CCCCC2)cc1. The van der Waals surface area contributed by atoms with Gasteiger partial charge in [0, 0.05) is 30.4 Å². The summed E-state index contributed by atoms with van der Waals surface area (Å²) in [7, 11) is 0. The van der Waals surface area contributed by atoms with Crippen molar-refractivity contribution in [1.82, 2.24) is 10.2 Å². The third-order valence-corrected chi connectivity index (χ3v) is 4.60. The van der Waals surface area contributed by atoms with Gasteiger partial charge in [-0.15, -0.1) is 0 Å². The van der Waals surface area contributed by atoms with Crippen molar-refractivity contribution >= 4 is 28.9 Å². The molecule has 1 amide bonds. The Morgan fingerprint density at radius 1 is 1.13 bits per heavy atom. The summed E-state index contributed by atoms with van der Waals surface area (Å²) in [4.78, 5) is 14.1. The van der Waals surface area contributed by atoms with Crippen molar-refractivity contribution in [2.75, 3.05) is 18.4 Å². The van der Waals surface area contributed by atoms with Gasteiger partial charge in [0.25, 0.3) is 5.91 Å². The van der Waals surface area contributed by atoms with Crippen LogP contribution in [-0.2, 0) is 0 Å². The average Bonchev–Trinajstić information content (AvgIpc) is 2.57. The smallest absolute Gasteiger partial charge is 0.253 e. The lowest BCUT2D eigenvalue weighted by Gasteiger charge is -2.24. The standard InChI is InChI=1S/C18H27N3OS/c1-3-21(4-2)17(22)14-10-12-16(13-11-14)20-18(23)19-15-8-6-5-7-9-15/h10-13,15H,3-9H2,1-2H3,(H2,19,20,23). The number of hydrogen-bond donors (Lipinski definition) is 2. The van der Waals surface area contributed by atoms with Gasteiger partial charge in [-0.25, -0.2) is 0 Å². The Bertz CT molecular complexity index is 520. The van der Waals surface area contributed by atoms with Crippen molar-refractivity contribution < 1.29 is 4.79 Å². The Kier molecular flexibility index (Phi) is 6.84. The summed E-state index contributed by atoms with van der Waals surface area (Å²) in [5, 5.41) is 7.26. The first kappa shape index (κ1) is 17.7. The normalized spacial score (nSPS) is 15.0. The van der Waals surface area contributed by atoms with E-state index in [0.29, 0.717) is 16.7 Å². The molecule has 0 aliphatic heterocycles. The molecule has 1 aromatic rings. The number of nitrogens with zero attached hydrogens (tertiary/aromatic N) is 1. The number of anilines is 1. The fourth-order valence-corrected chi connectivity index (χ4v) is 3.27. The van der Waals surface area contributed by atoms with Gasteiger partial charge in [0.15, 0.2) is 5.11 Å². The molecule has 0 aromatic heterocycles. The molecule has 0 heterocycles. The summed E-state index contributed by atoms with van der Waals surface area (Å²) >= 11 is 5.38. The second-order valence-electron chi connectivity index (χ2n) is 5.99. The van der Waals surface area contributed by atoms with E-state index >= 15 is 0 Å². The highest BCUT2D eigenvalue weighted by atomic mass is 32.1. The molecule has 4 nitrogen and oxygen atoms in total. The third-order valence-electron chi connectivity index (χ3n) is 4.38. The zero-order chi connectivity index (χ0) is 16.7. The maximum Gasteiger partial charge on any atom is 0.253 e. The maximum atomic E-state index is 12.3. The molecule has 23 heavy (non-hydrogen) atoms.